The first-order valence-electron chi connectivity index (χ1n) is 4.26. The summed E-state index contributed by atoms with van der Waals surface area (Å²) in [6, 6.07) is 0. The average molecular weight is 182 g/mol. The molecule has 1 rings (SSSR count). The highest BCUT2D eigenvalue weighted by molar-refractivity contribution is 5.70. The second-order valence-electron chi connectivity index (χ2n) is 3.45. The van der Waals surface area contributed by atoms with E-state index >= 15 is 0 Å². The summed E-state index contributed by atoms with van der Waals surface area (Å²) in [6.07, 6.45) is 4.93. The summed E-state index contributed by atoms with van der Waals surface area (Å²) in [5.41, 5.74) is -0.415. The highest BCUT2D eigenvalue weighted by atomic mass is 16.6. The largest absolute Gasteiger partial charge is 0.443 e. The Kier molecular flexibility index (Phi) is 2.70. The van der Waals surface area contributed by atoms with Gasteiger partial charge in [-0.3, -0.25) is 0 Å². The molecule has 0 radical (unpaired) electrons. The lowest BCUT2D eigenvalue weighted by atomic mass is 10.1. The van der Waals surface area contributed by atoms with E-state index in [4.69, 9.17) is 4.74 Å². The Morgan fingerprint density at radius 2 is 2.31 bits per heavy atom. The molecule has 1 heterocycles. The molecule has 0 amide bonds. The maximum Gasteiger partial charge on any atom is 0.419 e. The summed E-state index contributed by atoms with van der Waals surface area (Å²) < 4.78 is 6.53. The van der Waals surface area contributed by atoms with Gasteiger partial charge in [-0.1, -0.05) is 6.92 Å². The number of ether oxygens (including phenoxy) is 1. The van der Waals surface area contributed by atoms with E-state index in [9.17, 15) is 4.79 Å². The van der Waals surface area contributed by atoms with Crippen LogP contribution in [0.25, 0.3) is 0 Å². The van der Waals surface area contributed by atoms with Crippen molar-refractivity contribution in [3.63, 3.8) is 0 Å². The summed E-state index contributed by atoms with van der Waals surface area (Å²) in [5, 5.41) is 0. The highest BCUT2D eigenvalue weighted by Gasteiger charge is 2.20. The molecule has 0 spiro atoms. The lowest BCUT2D eigenvalue weighted by Crippen LogP contribution is -2.29. The van der Waals surface area contributed by atoms with Gasteiger partial charge in [-0.15, -0.1) is 0 Å². The number of hydrogen-bond donors (Lipinski definition) is 0. The summed E-state index contributed by atoms with van der Waals surface area (Å²) >= 11 is 0. The van der Waals surface area contributed by atoms with Gasteiger partial charge in [0, 0.05) is 12.4 Å². The molecular formula is C9H14N2O2. The van der Waals surface area contributed by atoms with Gasteiger partial charge in [-0.2, -0.15) is 0 Å². The summed E-state index contributed by atoms with van der Waals surface area (Å²) in [6.45, 7) is 5.73. The van der Waals surface area contributed by atoms with E-state index < -0.39 is 5.60 Å². The number of imidazole rings is 1. The molecule has 0 saturated carbocycles. The summed E-state index contributed by atoms with van der Waals surface area (Å²) in [5.74, 6) is 0. The van der Waals surface area contributed by atoms with E-state index in [1.54, 1.807) is 12.4 Å². The van der Waals surface area contributed by atoms with Gasteiger partial charge < -0.3 is 4.74 Å². The quantitative estimate of drug-likeness (QED) is 0.703. The van der Waals surface area contributed by atoms with Gasteiger partial charge in [0.2, 0.25) is 0 Å². The number of carbonyl (C=O) groups excluding carboxylic acids is 1. The maximum absolute atomic E-state index is 11.4. The third kappa shape index (κ3) is 2.57. The third-order valence-electron chi connectivity index (χ3n) is 1.93. The number of nitrogens with zero attached hydrogens (tertiary/aromatic N) is 2. The fourth-order valence-electron chi connectivity index (χ4n) is 0.728. The van der Waals surface area contributed by atoms with Crippen molar-refractivity contribution in [3.05, 3.63) is 18.7 Å². The van der Waals surface area contributed by atoms with Crippen LogP contribution in [0.4, 0.5) is 4.79 Å². The number of rotatable bonds is 2. The minimum absolute atomic E-state index is 0.385. The Bertz CT molecular complexity index is 278. The van der Waals surface area contributed by atoms with Crippen LogP contribution in [-0.4, -0.2) is 21.2 Å². The topological polar surface area (TPSA) is 44.1 Å². The lowest BCUT2D eigenvalue weighted by molar-refractivity contribution is 0.0371. The summed E-state index contributed by atoms with van der Waals surface area (Å²) in [7, 11) is 0. The van der Waals surface area contributed by atoms with E-state index in [2.05, 4.69) is 4.98 Å². The normalized spacial score (nSPS) is 11.3. The second kappa shape index (κ2) is 3.60. The molecule has 0 aliphatic rings. The Balaban J connectivity index is 2.61. The van der Waals surface area contributed by atoms with Crippen LogP contribution in [-0.2, 0) is 4.74 Å². The first kappa shape index (κ1) is 9.77. The van der Waals surface area contributed by atoms with Gasteiger partial charge in [0.1, 0.15) is 11.9 Å². The second-order valence-corrected chi connectivity index (χ2v) is 3.45. The third-order valence-corrected chi connectivity index (χ3v) is 1.93. The van der Waals surface area contributed by atoms with Crippen molar-refractivity contribution in [2.45, 2.75) is 32.8 Å². The van der Waals surface area contributed by atoms with Gasteiger partial charge >= 0.3 is 6.09 Å². The Hall–Kier alpha value is -1.32. The fraction of sp³-hybridized carbons (Fsp3) is 0.556. The minimum Gasteiger partial charge on any atom is -0.443 e. The number of hydrogen-bond acceptors (Lipinski definition) is 3. The molecule has 0 aliphatic carbocycles. The average Bonchev–Trinajstić information content (AvgIpc) is 2.55. The lowest BCUT2D eigenvalue weighted by Gasteiger charge is -2.22. The van der Waals surface area contributed by atoms with Crippen molar-refractivity contribution in [2.75, 3.05) is 0 Å². The standard InChI is InChI=1S/C9H14N2O2/c1-4-9(2,3)13-8(12)11-6-5-10-7-11/h5-7H,4H2,1-3H3. The van der Waals surface area contributed by atoms with E-state index in [-0.39, 0.29) is 6.09 Å². The monoisotopic (exact) mass is 182 g/mol. The maximum atomic E-state index is 11.4. The van der Waals surface area contributed by atoms with Crippen molar-refractivity contribution < 1.29 is 9.53 Å². The molecule has 0 aromatic carbocycles. The molecule has 1 aromatic rings. The van der Waals surface area contributed by atoms with Crippen LogP contribution in [0.15, 0.2) is 18.7 Å². The van der Waals surface area contributed by atoms with E-state index in [1.807, 2.05) is 20.8 Å². The van der Waals surface area contributed by atoms with Gasteiger partial charge in [-0.05, 0) is 20.3 Å². The number of aromatic nitrogens is 2. The molecule has 0 N–H and O–H groups in total. The van der Waals surface area contributed by atoms with Gasteiger partial charge in [0.05, 0.1) is 0 Å². The van der Waals surface area contributed by atoms with Crippen molar-refractivity contribution in [1.29, 1.82) is 0 Å². The Labute approximate surface area is 77.5 Å². The molecule has 0 saturated heterocycles. The molecule has 0 aliphatic heterocycles. The molecule has 0 atom stereocenters. The van der Waals surface area contributed by atoms with Gasteiger partial charge in [-0.25, -0.2) is 14.3 Å². The zero-order valence-electron chi connectivity index (χ0n) is 8.15. The van der Waals surface area contributed by atoms with Crippen LogP contribution in [0.2, 0.25) is 0 Å². The highest BCUT2D eigenvalue weighted by Crippen LogP contribution is 2.14. The van der Waals surface area contributed by atoms with Crippen molar-refractivity contribution in [2.24, 2.45) is 0 Å². The van der Waals surface area contributed by atoms with Crippen molar-refractivity contribution in [3.8, 4) is 0 Å². The van der Waals surface area contributed by atoms with Crippen LogP contribution in [0, 0.1) is 0 Å². The van der Waals surface area contributed by atoms with Gasteiger partial charge in [0.15, 0.2) is 0 Å². The molecule has 1 aromatic heterocycles. The summed E-state index contributed by atoms with van der Waals surface area (Å²) in [4.78, 5) is 15.1. The zero-order chi connectivity index (χ0) is 9.90. The minimum atomic E-state index is -0.415. The molecule has 13 heavy (non-hydrogen) atoms. The van der Waals surface area contributed by atoms with Crippen LogP contribution >= 0.6 is 0 Å². The fourth-order valence-corrected chi connectivity index (χ4v) is 0.728. The molecule has 0 bridgehead atoms. The van der Waals surface area contributed by atoms with Crippen LogP contribution < -0.4 is 0 Å². The molecule has 0 fully saturated rings. The SMILES string of the molecule is CCC(C)(C)OC(=O)n1ccnc1. The molecule has 4 nitrogen and oxygen atoms in total. The first-order chi connectivity index (χ1) is 6.05. The smallest absolute Gasteiger partial charge is 0.419 e. The molecule has 4 heteroatoms. The zero-order valence-corrected chi connectivity index (χ0v) is 8.15. The predicted octanol–water partition coefficient (Wildman–Crippen LogP) is 2.06. The van der Waals surface area contributed by atoms with Crippen molar-refractivity contribution in [1.82, 2.24) is 9.55 Å². The predicted molar refractivity (Wildman–Crippen MR) is 48.5 cm³/mol. The van der Waals surface area contributed by atoms with Crippen LogP contribution in [0.1, 0.15) is 27.2 Å². The van der Waals surface area contributed by atoms with E-state index in [0.29, 0.717) is 0 Å². The van der Waals surface area contributed by atoms with Crippen molar-refractivity contribution >= 4 is 6.09 Å². The van der Waals surface area contributed by atoms with Gasteiger partial charge in [0.25, 0.3) is 0 Å². The molecular weight excluding hydrogens is 168 g/mol. The van der Waals surface area contributed by atoms with E-state index in [0.717, 1.165) is 6.42 Å². The van der Waals surface area contributed by atoms with E-state index in [1.165, 1.54) is 10.9 Å². The Morgan fingerprint density at radius 3 is 2.77 bits per heavy atom. The Morgan fingerprint density at radius 1 is 1.62 bits per heavy atom. The van der Waals surface area contributed by atoms with Crippen LogP contribution in [0.5, 0.6) is 0 Å². The number of carbonyl (C=O) groups is 1. The van der Waals surface area contributed by atoms with Crippen LogP contribution in [0.3, 0.4) is 0 Å². The molecule has 72 valence electrons. The molecule has 0 unspecified atom stereocenters. The first-order valence-corrected chi connectivity index (χ1v) is 4.26.